The van der Waals surface area contributed by atoms with Gasteiger partial charge < -0.3 is 5.11 Å². The monoisotopic (exact) mass is 227 g/mol. The number of carbonyl (C=O) groups is 1. The molecule has 5 nitrogen and oxygen atoms in total. The van der Waals surface area contributed by atoms with E-state index in [9.17, 15) is 14.9 Å². The number of carboxylic acid groups (broad SMARTS) is 1. The Bertz CT molecular complexity index is 380. The summed E-state index contributed by atoms with van der Waals surface area (Å²) < 4.78 is 0. The molecule has 0 amide bonds. The molecule has 1 rings (SSSR count). The Morgan fingerprint density at radius 1 is 1.53 bits per heavy atom. The van der Waals surface area contributed by atoms with Gasteiger partial charge in [0, 0.05) is 22.8 Å². The SMILES string of the molecule is O=C(O)CCSc1cccc([N+](=O)[O-])c1. The second-order valence-corrected chi connectivity index (χ2v) is 3.91. The minimum absolute atomic E-state index is 0.0234. The third kappa shape index (κ3) is 3.99. The van der Waals surface area contributed by atoms with Crippen molar-refractivity contribution in [1.82, 2.24) is 0 Å². The van der Waals surface area contributed by atoms with Crippen molar-refractivity contribution in [2.75, 3.05) is 5.75 Å². The van der Waals surface area contributed by atoms with Gasteiger partial charge in [-0.25, -0.2) is 0 Å². The molecule has 1 N–H and O–H groups in total. The number of hydrogen-bond donors (Lipinski definition) is 1. The van der Waals surface area contributed by atoms with Crippen molar-refractivity contribution in [1.29, 1.82) is 0 Å². The van der Waals surface area contributed by atoms with Gasteiger partial charge in [-0.3, -0.25) is 14.9 Å². The number of nitro benzene ring substituents is 1. The van der Waals surface area contributed by atoms with Crippen LogP contribution in [0.4, 0.5) is 5.69 Å². The maximum atomic E-state index is 10.4. The Hall–Kier alpha value is -1.56. The predicted molar refractivity (Wildman–Crippen MR) is 56.1 cm³/mol. The van der Waals surface area contributed by atoms with Crippen LogP contribution in [0.2, 0.25) is 0 Å². The molecule has 80 valence electrons. The summed E-state index contributed by atoms with van der Waals surface area (Å²) in [6.45, 7) is 0. The highest BCUT2D eigenvalue weighted by Crippen LogP contribution is 2.23. The van der Waals surface area contributed by atoms with Crippen LogP contribution in [0, 0.1) is 10.1 Å². The number of benzene rings is 1. The van der Waals surface area contributed by atoms with Crippen molar-refractivity contribution in [2.24, 2.45) is 0 Å². The van der Waals surface area contributed by atoms with Gasteiger partial charge in [-0.1, -0.05) is 6.07 Å². The second kappa shape index (κ2) is 5.35. The molecule has 0 fully saturated rings. The summed E-state index contributed by atoms with van der Waals surface area (Å²) in [5.74, 6) is -0.454. The van der Waals surface area contributed by atoms with Gasteiger partial charge in [-0.2, -0.15) is 0 Å². The predicted octanol–water partition coefficient (Wildman–Crippen LogP) is 2.16. The number of nitro groups is 1. The smallest absolute Gasteiger partial charge is 0.304 e. The van der Waals surface area contributed by atoms with Gasteiger partial charge in [0.1, 0.15) is 0 Å². The van der Waals surface area contributed by atoms with Gasteiger partial charge in [0.05, 0.1) is 11.3 Å². The molecule has 0 heterocycles. The standard InChI is InChI=1S/C9H9NO4S/c11-9(12)4-5-15-8-3-1-2-7(6-8)10(13)14/h1-3,6H,4-5H2,(H,11,12). The van der Waals surface area contributed by atoms with Crippen LogP contribution in [-0.2, 0) is 4.79 Å². The summed E-state index contributed by atoms with van der Waals surface area (Å²) in [6, 6.07) is 6.15. The maximum absolute atomic E-state index is 10.4. The number of aliphatic carboxylic acids is 1. The highest BCUT2D eigenvalue weighted by Gasteiger charge is 2.06. The van der Waals surface area contributed by atoms with Crippen LogP contribution in [0.15, 0.2) is 29.2 Å². The number of carboxylic acids is 1. The lowest BCUT2D eigenvalue weighted by atomic mass is 10.3. The van der Waals surface area contributed by atoms with Crippen molar-refractivity contribution < 1.29 is 14.8 Å². The van der Waals surface area contributed by atoms with Crippen molar-refractivity contribution in [3.63, 3.8) is 0 Å². The molecule has 0 unspecified atom stereocenters. The molecule has 0 spiro atoms. The molecule has 0 aliphatic carbocycles. The van der Waals surface area contributed by atoms with Crippen molar-refractivity contribution >= 4 is 23.4 Å². The lowest BCUT2D eigenvalue weighted by Gasteiger charge is -1.98. The van der Waals surface area contributed by atoms with E-state index in [1.807, 2.05) is 0 Å². The number of hydrogen-bond acceptors (Lipinski definition) is 4. The molecule has 0 saturated carbocycles. The van der Waals surface area contributed by atoms with Gasteiger partial charge in [-0.15, -0.1) is 11.8 Å². The summed E-state index contributed by atoms with van der Waals surface area (Å²) in [4.78, 5) is 20.9. The number of nitrogens with zero attached hydrogens (tertiary/aromatic N) is 1. The topological polar surface area (TPSA) is 80.4 Å². The third-order valence-corrected chi connectivity index (χ3v) is 2.61. The average Bonchev–Trinajstić information content (AvgIpc) is 2.17. The van der Waals surface area contributed by atoms with E-state index in [0.717, 1.165) is 0 Å². The van der Waals surface area contributed by atoms with Gasteiger partial charge in [0.25, 0.3) is 5.69 Å². The lowest BCUT2D eigenvalue weighted by Crippen LogP contribution is -1.95. The van der Waals surface area contributed by atoms with Crippen molar-refractivity contribution in [3.05, 3.63) is 34.4 Å². The largest absolute Gasteiger partial charge is 0.481 e. The van der Waals surface area contributed by atoms with E-state index in [1.165, 1.54) is 23.9 Å². The van der Waals surface area contributed by atoms with Gasteiger partial charge in [0.2, 0.25) is 0 Å². The Morgan fingerprint density at radius 3 is 2.87 bits per heavy atom. The quantitative estimate of drug-likeness (QED) is 0.473. The summed E-state index contributed by atoms with van der Waals surface area (Å²) in [5, 5.41) is 18.9. The zero-order chi connectivity index (χ0) is 11.3. The van der Waals surface area contributed by atoms with E-state index in [1.54, 1.807) is 12.1 Å². The minimum Gasteiger partial charge on any atom is -0.481 e. The zero-order valence-electron chi connectivity index (χ0n) is 7.75. The summed E-state index contributed by atoms with van der Waals surface area (Å²) >= 11 is 1.30. The first-order chi connectivity index (χ1) is 7.09. The molecule has 0 saturated heterocycles. The van der Waals surface area contributed by atoms with E-state index in [4.69, 9.17) is 5.11 Å². The van der Waals surface area contributed by atoms with E-state index < -0.39 is 10.9 Å². The van der Waals surface area contributed by atoms with E-state index in [2.05, 4.69) is 0 Å². The number of rotatable bonds is 5. The average molecular weight is 227 g/mol. The number of thioether (sulfide) groups is 1. The molecule has 0 radical (unpaired) electrons. The fraction of sp³-hybridized carbons (Fsp3) is 0.222. The molecule has 1 aromatic carbocycles. The van der Waals surface area contributed by atoms with Gasteiger partial charge in [-0.05, 0) is 6.07 Å². The van der Waals surface area contributed by atoms with Crippen LogP contribution in [0.25, 0.3) is 0 Å². The zero-order valence-corrected chi connectivity index (χ0v) is 8.57. The lowest BCUT2D eigenvalue weighted by molar-refractivity contribution is -0.385. The van der Waals surface area contributed by atoms with Crippen LogP contribution < -0.4 is 0 Å². The molecular weight excluding hydrogens is 218 g/mol. The summed E-state index contributed by atoms with van der Waals surface area (Å²) in [6.07, 6.45) is 0.0490. The molecule has 0 atom stereocenters. The van der Waals surface area contributed by atoms with Crippen molar-refractivity contribution in [3.8, 4) is 0 Å². The first-order valence-electron chi connectivity index (χ1n) is 4.18. The van der Waals surface area contributed by atoms with Crippen LogP contribution >= 0.6 is 11.8 Å². The molecule has 0 bridgehead atoms. The molecule has 6 heteroatoms. The molecular formula is C9H9NO4S. The summed E-state index contributed by atoms with van der Waals surface area (Å²) in [7, 11) is 0. The minimum atomic E-state index is -0.868. The number of non-ortho nitro benzene ring substituents is 1. The summed E-state index contributed by atoms with van der Waals surface area (Å²) in [5.41, 5.74) is 0.0234. The van der Waals surface area contributed by atoms with Crippen molar-refractivity contribution in [2.45, 2.75) is 11.3 Å². The van der Waals surface area contributed by atoms with E-state index in [-0.39, 0.29) is 12.1 Å². The molecule has 0 aliphatic heterocycles. The van der Waals surface area contributed by atoms with Gasteiger partial charge >= 0.3 is 5.97 Å². The molecule has 0 aliphatic rings. The Kier molecular flexibility index (Phi) is 4.11. The Balaban J connectivity index is 2.58. The highest BCUT2D eigenvalue weighted by molar-refractivity contribution is 7.99. The van der Waals surface area contributed by atoms with Crippen LogP contribution in [-0.4, -0.2) is 21.8 Å². The third-order valence-electron chi connectivity index (χ3n) is 1.61. The maximum Gasteiger partial charge on any atom is 0.304 e. The molecule has 15 heavy (non-hydrogen) atoms. The second-order valence-electron chi connectivity index (χ2n) is 2.75. The highest BCUT2D eigenvalue weighted by atomic mass is 32.2. The first kappa shape index (κ1) is 11.5. The molecule has 1 aromatic rings. The Morgan fingerprint density at radius 2 is 2.27 bits per heavy atom. The van der Waals surface area contributed by atoms with Crippen LogP contribution in [0.1, 0.15) is 6.42 Å². The Labute approximate surface area is 90.3 Å². The van der Waals surface area contributed by atoms with Crippen LogP contribution in [0.3, 0.4) is 0 Å². The fourth-order valence-corrected chi connectivity index (χ4v) is 1.83. The first-order valence-corrected chi connectivity index (χ1v) is 5.17. The van der Waals surface area contributed by atoms with E-state index >= 15 is 0 Å². The van der Waals surface area contributed by atoms with Gasteiger partial charge in [0.15, 0.2) is 0 Å². The van der Waals surface area contributed by atoms with Crippen LogP contribution in [0.5, 0.6) is 0 Å². The fourth-order valence-electron chi connectivity index (χ4n) is 0.943. The normalized spacial score (nSPS) is 9.87. The molecule has 0 aromatic heterocycles. The van der Waals surface area contributed by atoms with E-state index in [0.29, 0.717) is 10.6 Å².